The average Bonchev–Trinajstić information content (AvgIpc) is 2.43. The first-order valence-electron chi connectivity index (χ1n) is 6.92. The van der Waals surface area contributed by atoms with Gasteiger partial charge in [0.1, 0.15) is 0 Å². The molecule has 5 nitrogen and oxygen atoms in total. The highest BCUT2D eigenvalue weighted by molar-refractivity contribution is 7.89. The van der Waals surface area contributed by atoms with Crippen LogP contribution < -0.4 is 5.73 Å². The van der Waals surface area contributed by atoms with E-state index >= 15 is 0 Å². The fraction of sp³-hybridized carbons (Fsp3) is 0.571. The van der Waals surface area contributed by atoms with Crippen molar-refractivity contribution in [2.75, 3.05) is 32.5 Å². The Balaban J connectivity index is 2.22. The van der Waals surface area contributed by atoms with E-state index in [1.54, 1.807) is 20.0 Å². The molecule has 21 heavy (non-hydrogen) atoms. The van der Waals surface area contributed by atoms with Crippen LogP contribution in [0.25, 0.3) is 0 Å². The predicted octanol–water partition coefficient (Wildman–Crippen LogP) is 2.28. The van der Waals surface area contributed by atoms with Gasteiger partial charge in [0.05, 0.1) is 22.2 Å². The fourth-order valence-electron chi connectivity index (χ4n) is 2.53. The maximum absolute atomic E-state index is 12.7. The van der Waals surface area contributed by atoms with Crippen molar-refractivity contribution in [1.82, 2.24) is 4.31 Å². The molecule has 1 fully saturated rings. The number of nitrogens with two attached hydrogens (primary N) is 1. The van der Waals surface area contributed by atoms with E-state index < -0.39 is 10.0 Å². The van der Waals surface area contributed by atoms with Crippen molar-refractivity contribution in [2.45, 2.75) is 24.7 Å². The highest BCUT2D eigenvalue weighted by Gasteiger charge is 2.27. The molecule has 0 amide bonds. The third-order valence-electron chi connectivity index (χ3n) is 3.75. The Hall–Kier alpha value is -0.820. The van der Waals surface area contributed by atoms with Gasteiger partial charge in [-0.05, 0) is 43.4 Å². The van der Waals surface area contributed by atoms with Crippen molar-refractivity contribution in [2.24, 2.45) is 5.92 Å². The summed E-state index contributed by atoms with van der Waals surface area (Å²) in [7, 11) is -1.98. The van der Waals surface area contributed by atoms with Gasteiger partial charge in [-0.1, -0.05) is 11.6 Å². The molecule has 1 aromatic carbocycles. The largest absolute Gasteiger partial charge is 0.397 e. The minimum absolute atomic E-state index is 0.212. The van der Waals surface area contributed by atoms with Crippen molar-refractivity contribution in [3.05, 3.63) is 22.7 Å². The topological polar surface area (TPSA) is 72.6 Å². The molecule has 0 radical (unpaired) electrons. The van der Waals surface area contributed by atoms with E-state index in [1.165, 1.54) is 10.4 Å². The van der Waals surface area contributed by atoms with Crippen molar-refractivity contribution < 1.29 is 13.2 Å². The predicted molar refractivity (Wildman–Crippen MR) is 84.0 cm³/mol. The van der Waals surface area contributed by atoms with E-state index in [-0.39, 0.29) is 16.5 Å². The number of rotatable bonds is 4. The van der Waals surface area contributed by atoms with Crippen LogP contribution in [0.2, 0.25) is 5.02 Å². The number of hydrogen-bond donors (Lipinski definition) is 1. The van der Waals surface area contributed by atoms with E-state index in [1.807, 2.05) is 0 Å². The van der Waals surface area contributed by atoms with Crippen LogP contribution in [0.1, 0.15) is 18.4 Å². The molecule has 1 aliphatic rings. The first-order valence-corrected chi connectivity index (χ1v) is 8.74. The minimum atomic E-state index is -3.57. The second kappa shape index (κ2) is 6.52. The number of anilines is 1. The van der Waals surface area contributed by atoms with Crippen molar-refractivity contribution in [3.8, 4) is 0 Å². The van der Waals surface area contributed by atoms with Gasteiger partial charge >= 0.3 is 0 Å². The molecule has 1 atom stereocenters. The summed E-state index contributed by atoms with van der Waals surface area (Å²) >= 11 is 5.92. The molecule has 7 heteroatoms. The molecule has 0 bridgehead atoms. The lowest BCUT2D eigenvalue weighted by atomic mass is 10.0. The molecule has 1 heterocycles. The molecule has 0 aliphatic carbocycles. The van der Waals surface area contributed by atoms with Gasteiger partial charge in [-0.15, -0.1) is 0 Å². The molecule has 2 N–H and O–H groups in total. The molecule has 118 valence electrons. The van der Waals surface area contributed by atoms with Crippen LogP contribution in [0.3, 0.4) is 0 Å². The molecule has 0 spiro atoms. The monoisotopic (exact) mass is 332 g/mol. The van der Waals surface area contributed by atoms with Gasteiger partial charge in [0, 0.05) is 20.2 Å². The Morgan fingerprint density at radius 2 is 2.19 bits per heavy atom. The van der Waals surface area contributed by atoms with Crippen molar-refractivity contribution >= 4 is 27.3 Å². The summed E-state index contributed by atoms with van der Waals surface area (Å²) < 4.78 is 32.1. The lowest BCUT2D eigenvalue weighted by molar-refractivity contribution is 0.0495. The number of sulfonamides is 1. The first-order chi connectivity index (χ1) is 9.82. The maximum Gasteiger partial charge on any atom is 0.243 e. The molecule has 0 aromatic heterocycles. The van der Waals surface area contributed by atoms with Crippen LogP contribution in [0.15, 0.2) is 17.0 Å². The smallest absolute Gasteiger partial charge is 0.243 e. The summed E-state index contributed by atoms with van der Waals surface area (Å²) in [5.74, 6) is 0.239. The molecule has 1 aliphatic heterocycles. The molecular weight excluding hydrogens is 312 g/mol. The average molecular weight is 333 g/mol. The normalized spacial score (nSPS) is 19.9. The number of ether oxygens (including phenoxy) is 1. The van der Waals surface area contributed by atoms with Crippen LogP contribution in [-0.4, -0.2) is 39.5 Å². The highest BCUT2D eigenvalue weighted by Crippen LogP contribution is 2.28. The van der Waals surface area contributed by atoms with Crippen LogP contribution in [0.4, 0.5) is 5.69 Å². The SMILES string of the molecule is Cc1cc(Cl)c(N)cc1S(=O)(=O)N(C)CC1CCCOC1. The zero-order chi connectivity index (χ0) is 15.6. The maximum atomic E-state index is 12.7. The Morgan fingerprint density at radius 3 is 2.81 bits per heavy atom. The van der Waals surface area contributed by atoms with Crippen molar-refractivity contribution in [3.63, 3.8) is 0 Å². The number of nitrogen functional groups attached to an aromatic ring is 1. The summed E-state index contributed by atoms with van der Waals surface area (Å²) in [4.78, 5) is 0.212. The van der Waals surface area contributed by atoms with E-state index in [2.05, 4.69) is 0 Å². The van der Waals surface area contributed by atoms with Gasteiger partial charge < -0.3 is 10.5 Å². The number of aryl methyl sites for hydroxylation is 1. The Kier molecular flexibility index (Phi) is 5.14. The van der Waals surface area contributed by atoms with E-state index in [4.69, 9.17) is 22.1 Å². The number of benzene rings is 1. The quantitative estimate of drug-likeness (QED) is 0.858. The lowest BCUT2D eigenvalue weighted by Gasteiger charge is -2.27. The molecule has 1 saturated heterocycles. The first kappa shape index (κ1) is 16.5. The molecule has 2 rings (SSSR count). The molecular formula is C14H21ClN2O3S. The Labute approximate surface area is 131 Å². The van der Waals surface area contributed by atoms with Gasteiger partial charge in [-0.2, -0.15) is 0 Å². The van der Waals surface area contributed by atoms with Gasteiger partial charge in [-0.25, -0.2) is 12.7 Å². The zero-order valence-electron chi connectivity index (χ0n) is 12.3. The molecule has 0 saturated carbocycles. The summed E-state index contributed by atoms with van der Waals surface area (Å²) in [6, 6.07) is 3.02. The van der Waals surface area contributed by atoms with Gasteiger partial charge in [-0.3, -0.25) is 0 Å². The standard InChI is InChI=1S/C14H21ClN2O3S/c1-10-6-12(15)13(16)7-14(10)21(18,19)17(2)8-11-4-3-5-20-9-11/h6-7,11H,3-5,8-9,16H2,1-2H3. The van der Waals surface area contributed by atoms with Crippen molar-refractivity contribution in [1.29, 1.82) is 0 Å². The summed E-state index contributed by atoms with van der Waals surface area (Å²) in [6.45, 7) is 3.54. The van der Waals surface area contributed by atoms with Gasteiger partial charge in [0.25, 0.3) is 0 Å². The summed E-state index contributed by atoms with van der Waals surface area (Å²) in [5, 5.41) is 0.370. The third-order valence-corrected chi connectivity index (χ3v) is 6.05. The molecule has 1 unspecified atom stereocenters. The van der Waals surface area contributed by atoms with E-state index in [0.717, 1.165) is 19.4 Å². The van der Waals surface area contributed by atoms with E-state index in [9.17, 15) is 8.42 Å². The number of nitrogens with zero attached hydrogens (tertiary/aromatic N) is 1. The zero-order valence-corrected chi connectivity index (χ0v) is 13.9. The van der Waals surface area contributed by atoms with Crippen LogP contribution >= 0.6 is 11.6 Å². The number of halogens is 1. The Bertz CT molecular complexity index is 613. The third kappa shape index (κ3) is 3.69. The minimum Gasteiger partial charge on any atom is -0.397 e. The van der Waals surface area contributed by atoms with Crippen LogP contribution in [0.5, 0.6) is 0 Å². The number of hydrogen-bond acceptors (Lipinski definition) is 4. The fourth-order valence-corrected chi connectivity index (χ4v) is 4.23. The van der Waals surface area contributed by atoms with Crippen LogP contribution in [-0.2, 0) is 14.8 Å². The Morgan fingerprint density at radius 1 is 1.48 bits per heavy atom. The summed E-state index contributed by atoms with van der Waals surface area (Å²) in [5.41, 5.74) is 6.61. The molecule has 1 aromatic rings. The second-order valence-corrected chi connectivity index (χ2v) is 7.93. The van der Waals surface area contributed by atoms with Gasteiger partial charge in [0.2, 0.25) is 10.0 Å². The summed E-state index contributed by atoms with van der Waals surface area (Å²) in [6.07, 6.45) is 1.97. The van der Waals surface area contributed by atoms with Crippen LogP contribution in [0, 0.1) is 12.8 Å². The van der Waals surface area contributed by atoms with Gasteiger partial charge in [0.15, 0.2) is 0 Å². The lowest BCUT2D eigenvalue weighted by Crippen LogP contribution is -2.35. The van der Waals surface area contributed by atoms with E-state index in [0.29, 0.717) is 23.7 Å². The highest BCUT2D eigenvalue weighted by atomic mass is 35.5. The second-order valence-electron chi connectivity index (χ2n) is 5.51.